The molecule has 4 aliphatic rings. The lowest BCUT2D eigenvalue weighted by atomic mass is 10.1. The highest BCUT2D eigenvalue weighted by Crippen LogP contribution is 2.05. The van der Waals surface area contributed by atoms with E-state index in [9.17, 15) is 0 Å². The Labute approximate surface area is 188 Å². The van der Waals surface area contributed by atoms with Crippen molar-refractivity contribution in [3.05, 3.63) is 0 Å². The quantitative estimate of drug-likeness (QED) is 0.494. The highest BCUT2D eigenvalue weighted by Gasteiger charge is 2.05. The molecule has 0 atom stereocenters. The Morgan fingerprint density at radius 1 is 0.276 bits per heavy atom. The van der Waals surface area contributed by atoms with E-state index < -0.39 is 0 Å². The summed E-state index contributed by atoms with van der Waals surface area (Å²) in [7, 11) is 8.70. The molecule has 0 aromatic carbocycles. The lowest BCUT2D eigenvalue weighted by Crippen LogP contribution is -2.32. The molecule has 0 spiro atoms. The van der Waals surface area contributed by atoms with Gasteiger partial charge in [-0.3, -0.25) is 0 Å². The van der Waals surface area contributed by atoms with E-state index in [4.69, 9.17) is 0 Å². The van der Waals surface area contributed by atoms with Crippen molar-refractivity contribution < 1.29 is 0 Å². The van der Waals surface area contributed by atoms with E-state index in [1.165, 1.54) is 110 Å². The molecule has 4 fully saturated rings. The third-order valence-corrected chi connectivity index (χ3v) is 5.57. The van der Waals surface area contributed by atoms with E-state index in [2.05, 4.69) is 47.8 Å². The van der Waals surface area contributed by atoms with Crippen molar-refractivity contribution in [2.75, 3.05) is 80.5 Å². The summed E-state index contributed by atoms with van der Waals surface area (Å²) < 4.78 is 0. The highest BCUT2D eigenvalue weighted by atomic mass is 15.1. The number of likely N-dealkylation sites (tertiary alicyclic amines) is 4. The van der Waals surface area contributed by atoms with Crippen LogP contribution in [-0.4, -0.2) is 100 Å². The van der Waals surface area contributed by atoms with Crippen LogP contribution in [0.2, 0.25) is 0 Å². The molecule has 0 bridgehead atoms. The van der Waals surface area contributed by atoms with Crippen LogP contribution in [0.4, 0.5) is 0 Å². The smallest absolute Gasteiger partial charge is 0.000959 e. The molecule has 4 aliphatic heterocycles. The molecule has 182 valence electrons. The molecule has 0 aromatic heterocycles. The average molecular weight is 419 g/mol. The van der Waals surface area contributed by atoms with Crippen molar-refractivity contribution in [3.63, 3.8) is 0 Å². The van der Waals surface area contributed by atoms with Gasteiger partial charge in [0.1, 0.15) is 0 Å². The molecule has 4 nitrogen and oxygen atoms in total. The minimum atomic E-state index is 0. The highest BCUT2D eigenvalue weighted by molar-refractivity contribution is 4.61. The molecule has 0 amide bonds. The van der Waals surface area contributed by atoms with E-state index in [1.54, 1.807) is 0 Å². The topological polar surface area (TPSA) is 13.0 Å². The zero-order chi connectivity index (χ0) is 18.3. The third-order valence-electron chi connectivity index (χ3n) is 5.57. The maximum Gasteiger partial charge on any atom is -0.000959 e. The molecule has 0 aromatic rings. The van der Waals surface area contributed by atoms with E-state index >= 15 is 0 Å². The molecule has 0 radical (unpaired) electrons. The van der Waals surface area contributed by atoms with Crippen molar-refractivity contribution in [1.82, 2.24) is 19.6 Å². The summed E-state index contributed by atoms with van der Waals surface area (Å²) >= 11 is 0. The monoisotopic (exact) mass is 418 g/mol. The zero-order valence-electron chi connectivity index (χ0n) is 17.8. The first-order valence-corrected chi connectivity index (χ1v) is 10.8. The molecule has 0 saturated carbocycles. The molecular formula is C25H62N4. The SMILES string of the molecule is C.C.C.C.CN1CCC1.CN1CCCC1.CN1CCCCC1.CN1CCCCC1. The van der Waals surface area contributed by atoms with Crippen LogP contribution < -0.4 is 0 Å². The number of hydrogen-bond acceptors (Lipinski definition) is 4. The fourth-order valence-electron chi connectivity index (χ4n) is 3.45. The molecule has 4 saturated heterocycles. The third kappa shape index (κ3) is 22.3. The lowest BCUT2D eigenvalue weighted by molar-refractivity contribution is 0.229. The number of rotatable bonds is 0. The Bertz CT molecular complexity index is 261. The van der Waals surface area contributed by atoms with E-state index in [0.29, 0.717) is 0 Å². The van der Waals surface area contributed by atoms with Gasteiger partial charge >= 0.3 is 0 Å². The predicted molar refractivity (Wildman–Crippen MR) is 138 cm³/mol. The van der Waals surface area contributed by atoms with Crippen molar-refractivity contribution in [1.29, 1.82) is 0 Å². The normalized spacial score (nSPS) is 21.9. The summed E-state index contributed by atoms with van der Waals surface area (Å²) in [5.41, 5.74) is 0. The van der Waals surface area contributed by atoms with Crippen LogP contribution in [-0.2, 0) is 0 Å². The molecule has 4 rings (SSSR count). The van der Waals surface area contributed by atoms with Gasteiger partial charge in [-0.05, 0) is 125 Å². The van der Waals surface area contributed by atoms with Gasteiger partial charge in [0.2, 0.25) is 0 Å². The second kappa shape index (κ2) is 24.1. The minimum absolute atomic E-state index is 0. The van der Waals surface area contributed by atoms with Crippen LogP contribution in [0.25, 0.3) is 0 Å². The summed E-state index contributed by atoms with van der Waals surface area (Å²) in [5, 5.41) is 0. The number of hydrogen-bond donors (Lipinski definition) is 0. The van der Waals surface area contributed by atoms with Crippen LogP contribution in [0.1, 0.15) is 87.5 Å². The van der Waals surface area contributed by atoms with Crippen molar-refractivity contribution in [2.45, 2.75) is 87.5 Å². The van der Waals surface area contributed by atoms with Gasteiger partial charge in [-0.25, -0.2) is 0 Å². The molecule has 4 heterocycles. The van der Waals surface area contributed by atoms with Crippen molar-refractivity contribution >= 4 is 0 Å². The standard InChI is InChI=1S/2C6H13N.C5H11N.C4H9N.4CH4/c2*1-7-5-3-2-4-6-7;1-6-4-2-3-5-6;1-5-3-2-4-5;;;;/h2*2-6H2,1H3;2-5H2,1H3;2-4H2,1H3;4*1H4. The van der Waals surface area contributed by atoms with Crippen molar-refractivity contribution in [3.8, 4) is 0 Å². The summed E-state index contributed by atoms with van der Waals surface area (Å²) in [4.78, 5) is 9.45. The zero-order valence-corrected chi connectivity index (χ0v) is 17.8. The first-order valence-electron chi connectivity index (χ1n) is 10.8. The second-order valence-corrected chi connectivity index (χ2v) is 8.40. The van der Waals surface area contributed by atoms with Gasteiger partial charge in [0, 0.05) is 0 Å². The molecule has 0 aliphatic carbocycles. The largest absolute Gasteiger partial charge is 0.306 e. The first kappa shape index (κ1) is 36.2. The fourth-order valence-corrected chi connectivity index (χ4v) is 3.45. The van der Waals surface area contributed by atoms with Gasteiger partial charge in [0.15, 0.2) is 0 Å². The Kier molecular flexibility index (Phi) is 30.1. The van der Waals surface area contributed by atoms with Gasteiger partial charge in [-0.15, -0.1) is 0 Å². The molecule has 0 N–H and O–H groups in total. The van der Waals surface area contributed by atoms with Crippen LogP contribution in [0, 0.1) is 0 Å². The Morgan fingerprint density at radius 2 is 0.448 bits per heavy atom. The number of piperidine rings is 2. The first-order chi connectivity index (χ1) is 12.1. The van der Waals surface area contributed by atoms with Crippen molar-refractivity contribution in [2.24, 2.45) is 0 Å². The molecule has 29 heavy (non-hydrogen) atoms. The number of nitrogens with zero attached hydrogens (tertiary/aromatic N) is 4. The van der Waals surface area contributed by atoms with Gasteiger partial charge in [0.05, 0.1) is 0 Å². The maximum absolute atomic E-state index is 2.39. The summed E-state index contributed by atoms with van der Waals surface area (Å²) in [6, 6.07) is 0. The minimum Gasteiger partial charge on any atom is -0.306 e. The second-order valence-electron chi connectivity index (χ2n) is 8.40. The Hall–Kier alpha value is -0.160. The van der Waals surface area contributed by atoms with Gasteiger partial charge in [0.25, 0.3) is 0 Å². The van der Waals surface area contributed by atoms with Gasteiger partial charge < -0.3 is 19.6 Å². The van der Waals surface area contributed by atoms with Gasteiger partial charge in [-0.1, -0.05) is 42.5 Å². The van der Waals surface area contributed by atoms with Crippen LogP contribution in [0.3, 0.4) is 0 Å². The molecule has 0 unspecified atom stereocenters. The predicted octanol–water partition coefficient (Wildman–Crippen LogP) is 5.78. The Morgan fingerprint density at radius 3 is 0.517 bits per heavy atom. The average Bonchev–Trinajstić information content (AvgIpc) is 3.07. The summed E-state index contributed by atoms with van der Waals surface area (Å²) in [6.45, 7) is 10.6. The van der Waals surface area contributed by atoms with E-state index in [-0.39, 0.29) is 29.7 Å². The molecule has 4 heteroatoms. The molecular weight excluding hydrogens is 356 g/mol. The summed E-state index contributed by atoms with van der Waals surface area (Å²) in [6.07, 6.45) is 12.8. The van der Waals surface area contributed by atoms with Crippen LogP contribution in [0.5, 0.6) is 0 Å². The fraction of sp³-hybridized carbons (Fsp3) is 1.00. The van der Waals surface area contributed by atoms with Crippen LogP contribution in [0.15, 0.2) is 0 Å². The van der Waals surface area contributed by atoms with Crippen LogP contribution >= 0.6 is 0 Å². The van der Waals surface area contributed by atoms with E-state index in [1.807, 2.05) is 0 Å². The summed E-state index contributed by atoms with van der Waals surface area (Å²) in [5.74, 6) is 0. The van der Waals surface area contributed by atoms with E-state index in [0.717, 1.165) is 0 Å². The lowest BCUT2D eigenvalue weighted by Gasteiger charge is -2.24. The van der Waals surface area contributed by atoms with Gasteiger partial charge in [-0.2, -0.15) is 0 Å². The maximum atomic E-state index is 2.39. The Balaban J connectivity index is -0.000000138.